The average molecular weight is 247 g/mol. The van der Waals surface area contributed by atoms with E-state index in [-0.39, 0.29) is 0 Å². The van der Waals surface area contributed by atoms with Gasteiger partial charge in [0.25, 0.3) is 0 Å². The summed E-state index contributed by atoms with van der Waals surface area (Å²) in [5.41, 5.74) is 2.54. The Morgan fingerprint density at radius 2 is 1.26 bits per heavy atom. The van der Waals surface area contributed by atoms with Gasteiger partial charge < -0.3 is 0 Å². The monoisotopic (exact) mass is 247 g/mol. The molecule has 0 atom stereocenters. The standard InChI is InChI=1S/C16H11N.C2H6/c1-2-7-13-11(5-1)12-6-3-4-8-14(12)16-15(13)9-10-17-16;1-2/h1-8,10H,9H2;1-2H3. The van der Waals surface area contributed by atoms with E-state index in [1.807, 2.05) is 20.1 Å². The summed E-state index contributed by atoms with van der Waals surface area (Å²) in [6.07, 6.45) is 2.98. The van der Waals surface area contributed by atoms with Gasteiger partial charge in [0.05, 0.1) is 5.69 Å². The van der Waals surface area contributed by atoms with Gasteiger partial charge in [0, 0.05) is 18.0 Å². The van der Waals surface area contributed by atoms with Gasteiger partial charge in [0.15, 0.2) is 0 Å². The number of aliphatic imine (C=N–C) groups is 1. The summed E-state index contributed by atoms with van der Waals surface area (Å²) < 4.78 is 0. The largest absolute Gasteiger partial charge is 0.260 e. The second-order valence-electron chi connectivity index (χ2n) is 4.43. The number of nitrogens with zero attached hydrogens (tertiary/aromatic N) is 1. The summed E-state index contributed by atoms with van der Waals surface area (Å²) in [5, 5.41) is 5.27. The van der Waals surface area contributed by atoms with Gasteiger partial charge in [0.1, 0.15) is 0 Å². The minimum absolute atomic E-state index is 0.959. The second-order valence-corrected chi connectivity index (χ2v) is 4.43. The number of hydrogen-bond donors (Lipinski definition) is 0. The summed E-state index contributed by atoms with van der Waals surface area (Å²) in [6, 6.07) is 17.2. The molecular formula is C18H17N. The van der Waals surface area contributed by atoms with Crippen molar-refractivity contribution in [2.24, 2.45) is 4.99 Å². The molecule has 0 bridgehead atoms. The third-order valence-electron chi connectivity index (χ3n) is 3.53. The van der Waals surface area contributed by atoms with Gasteiger partial charge >= 0.3 is 0 Å². The van der Waals surface area contributed by atoms with Crippen molar-refractivity contribution >= 4 is 33.4 Å². The second kappa shape index (κ2) is 4.85. The molecule has 0 aromatic heterocycles. The van der Waals surface area contributed by atoms with Crippen LogP contribution in [0, 0.1) is 0 Å². The third-order valence-corrected chi connectivity index (χ3v) is 3.53. The molecule has 0 aliphatic carbocycles. The van der Waals surface area contributed by atoms with Gasteiger partial charge in [-0.2, -0.15) is 0 Å². The number of rotatable bonds is 0. The van der Waals surface area contributed by atoms with E-state index in [4.69, 9.17) is 0 Å². The van der Waals surface area contributed by atoms with Gasteiger partial charge in [-0.05, 0) is 21.7 Å². The first-order valence-corrected chi connectivity index (χ1v) is 6.90. The Morgan fingerprint density at radius 1 is 0.737 bits per heavy atom. The van der Waals surface area contributed by atoms with Crippen LogP contribution in [0.15, 0.2) is 53.5 Å². The normalized spacial score (nSPS) is 12.3. The molecule has 0 unspecified atom stereocenters. The van der Waals surface area contributed by atoms with Crippen molar-refractivity contribution in [1.82, 2.24) is 0 Å². The van der Waals surface area contributed by atoms with Crippen molar-refractivity contribution in [1.29, 1.82) is 0 Å². The van der Waals surface area contributed by atoms with E-state index in [1.165, 1.54) is 32.8 Å². The highest BCUT2D eigenvalue weighted by Gasteiger charge is 2.15. The molecular weight excluding hydrogens is 230 g/mol. The highest BCUT2D eigenvalue weighted by molar-refractivity contribution is 6.16. The van der Waals surface area contributed by atoms with E-state index < -0.39 is 0 Å². The van der Waals surface area contributed by atoms with Gasteiger partial charge in [-0.1, -0.05) is 62.4 Å². The molecule has 1 aliphatic heterocycles. The van der Waals surface area contributed by atoms with E-state index in [0.717, 1.165) is 6.42 Å². The molecule has 0 spiro atoms. The fraction of sp³-hybridized carbons (Fsp3) is 0.167. The fourth-order valence-electron chi connectivity index (χ4n) is 2.78. The van der Waals surface area contributed by atoms with Crippen LogP contribution in [0.25, 0.3) is 21.5 Å². The van der Waals surface area contributed by atoms with Crippen LogP contribution >= 0.6 is 0 Å². The topological polar surface area (TPSA) is 12.4 Å². The van der Waals surface area contributed by atoms with Crippen LogP contribution in [-0.2, 0) is 6.42 Å². The predicted molar refractivity (Wildman–Crippen MR) is 84.7 cm³/mol. The van der Waals surface area contributed by atoms with Crippen LogP contribution in [-0.4, -0.2) is 6.21 Å². The third kappa shape index (κ3) is 1.74. The van der Waals surface area contributed by atoms with Crippen molar-refractivity contribution < 1.29 is 0 Å². The molecule has 94 valence electrons. The molecule has 3 aromatic carbocycles. The van der Waals surface area contributed by atoms with Crippen LogP contribution in [0.5, 0.6) is 0 Å². The quantitative estimate of drug-likeness (QED) is 0.479. The van der Waals surface area contributed by atoms with Crippen LogP contribution in [0.1, 0.15) is 19.4 Å². The molecule has 0 saturated carbocycles. The molecule has 0 amide bonds. The SMILES string of the molecule is C1=Nc2c(c3ccccc3c3ccccc23)C1.CC. The predicted octanol–water partition coefficient (Wildman–Crippen LogP) is 5.28. The minimum atomic E-state index is 0.959. The molecule has 1 nitrogen and oxygen atoms in total. The maximum absolute atomic E-state index is 4.55. The van der Waals surface area contributed by atoms with Crippen molar-refractivity contribution in [2.75, 3.05) is 0 Å². The molecule has 1 heteroatoms. The lowest BCUT2D eigenvalue weighted by Crippen LogP contribution is -1.85. The molecule has 19 heavy (non-hydrogen) atoms. The van der Waals surface area contributed by atoms with E-state index in [1.54, 1.807) is 0 Å². The molecule has 1 aliphatic rings. The Labute approximate surface area is 113 Å². The van der Waals surface area contributed by atoms with Crippen molar-refractivity contribution in [3.8, 4) is 0 Å². The lowest BCUT2D eigenvalue weighted by molar-refractivity contribution is 1.47. The molecule has 0 saturated heterocycles. The molecule has 0 N–H and O–H groups in total. The Morgan fingerprint density at radius 3 is 1.95 bits per heavy atom. The highest BCUT2D eigenvalue weighted by Crippen LogP contribution is 2.40. The molecule has 0 fully saturated rings. The Kier molecular flexibility index (Phi) is 3.04. The van der Waals surface area contributed by atoms with E-state index >= 15 is 0 Å². The zero-order chi connectivity index (χ0) is 13.2. The summed E-state index contributed by atoms with van der Waals surface area (Å²) in [4.78, 5) is 4.55. The van der Waals surface area contributed by atoms with E-state index in [0.29, 0.717) is 0 Å². The number of hydrogen-bond acceptors (Lipinski definition) is 1. The maximum Gasteiger partial charge on any atom is 0.0746 e. The Bertz CT molecular complexity index is 769. The zero-order valence-corrected chi connectivity index (χ0v) is 11.4. The molecule has 0 radical (unpaired) electrons. The van der Waals surface area contributed by atoms with Gasteiger partial charge in [-0.25, -0.2) is 0 Å². The average Bonchev–Trinajstić information content (AvgIpc) is 3.00. The lowest BCUT2D eigenvalue weighted by Gasteiger charge is -2.09. The Hall–Kier alpha value is -2.15. The van der Waals surface area contributed by atoms with Crippen molar-refractivity contribution in [3.05, 3.63) is 54.1 Å². The van der Waals surface area contributed by atoms with Crippen LogP contribution in [0.4, 0.5) is 5.69 Å². The maximum atomic E-state index is 4.55. The molecule has 4 rings (SSSR count). The lowest BCUT2D eigenvalue weighted by atomic mass is 9.95. The number of fused-ring (bicyclic) bond motifs is 6. The van der Waals surface area contributed by atoms with Crippen LogP contribution < -0.4 is 0 Å². The smallest absolute Gasteiger partial charge is 0.0746 e. The molecule has 1 heterocycles. The minimum Gasteiger partial charge on any atom is -0.260 e. The van der Waals surface area contributed by atoms with Gasteiger partial charge in [-0.15, -0.1) is 0 Å². The number of benzene rings is 3. The summed E-state index contributed by atoms with van der Waals surface area (Å²) in [7, 11) is 0. The highest BCUT2D eigenvalue weighted by atomic mass is 14.8. The fourth-order valence-corrected chi connectivity index (χ4v) is 2.78. The summed E-state index contributed by atoms with van der Waals surface area (Å²) >= 11 is 0. The van der Waals surface area contributed by atoms with Gasteiger partial charge in [0.2, 0.25) is 0 Å². The van der Waals surface area contributed by atoms with E-state index in [2.05, 4.69) is 53.5 Å². The molecule has 3 aromatic rings. The first-order chi connectivity index (χ1) is 9.45. The van der Waals surface area contributed by atoms with Gasteiger partial charge in [-0.3, -0.25) is 4.99 Å². The zero-order valence-electron chi connectivity index (χ0n) is 11.4. The first-order valence-electron chi connectivity index (χ1n) is 6.90. The van der Waals surface area contributed by atoms with E-state index in [9.17, 15) is 0 Å². The van der Waals surface area contributed by atoms with Crippen molar-refractivity contribution in [3.63, 3.8) is 0 Å². The summed E-state index contributed by atoms with van der Waals surface area (Å²) in [5.74, 6) is 0. The Balaban J connectivity index is 0.000000528. The summed E-state index contributed by atoms with van der Waals surface area (Å²) in [6.45, 7) is 4.00. The first kappa shape index (κ1) is 11.9. The van der Waals surface area contributed by atoms with Crippen molar-refractivity contribution in [2.45, 2.75) is 20.3 Å². The van der Waals surface area contributed by atoms with Crippen LogP contribution in [0.3, 0.4) is 0 Å². The van der Waals surface area contributed by atoms with Crippen LogP contribution in [0.2, 0.25) is 0 Å².